The lowest BCUT2D eigenvalue weighted by Crippen LogP contribution is -2.31. The molecule has 0 bridgehead atoms. The highest BCUT2D eigenvalue weighted by Gasteiger charge is 2.13. The number of hydrogen-bond donors (Lipinski definition) is 1. The normalized spacial score (nSPS) is 12.2. The lowest BCUT2D eigenvalue weighted by Gasteiger charge is -2.16. The molecule has 2 aromatic rings. The quantitative estimate of drug-likeness (QED) is 0.855. The SMILES string of the molecule is Cc1ccc(C(C)C)c(OCC(=O)N[C@@H](C)c2cccs2)c1. The summed E-state index contributed by atoms with van der Waals surface area (Å²) >= 11 is 1.64. The summed E-state index contributed by atoms with van der Waals surface area (Å²) in [5.74, 6) is 1.06. The number of carbonyl (C=O) groups is 1. The third-order valence-electron chi connectivity index (χ3n) is 3.50. The molecule has 0 aliphatic heterocycles. The highest BCUT2D eigenvalue weighted by Crippen LogP contribution is 2.27. The van der Waals surface area contributed by atoms with Gasteiger partial charge in [0.05, 0.1) is 6.04 Å². The third kappa shape index (κ3) is 4.34. The van der Waals surface area contributed by atoms with Crippen LogP contribution in [0.25, 0.3) is 0 Å². The fourth-order valence-corrected chi connectivity index (χ4v) is 3.01. The molecule has 22 heavy (non-hydrogen) atoms. The number of nitrogens with one attached hydrogen (secondary N) is 1. The monoisotopic (exact) mass is 317 g/mol. The average molecular weight is 317 g/mol. The Morgan fingerprint density at radius 3 is 2.68 bits per heavy atom. The molecule has 0 aliphatic rings. The molecule has 0 spiro atoms. The molecular formula is C18H23NO2S. The predicted molar refractivity (Wildman–Crippen MR) is 91.6 cm³/mol. The molecular weight excluding hydrogens is 294 g/mol. The van der Waals surface area contributed by atoms with Crippen LogP contribution in [0.4, 0.5) is 0 Å². The van der Waals surface area contributed by atoms with E-state index in [-0.39, 0.29) is 18.6 Å². The first-order valence-electron chi connectivity index (χ1n) is 7.53. The van der Waals surface area contributed by atoms with Crippen molar-refractivity contribution in [2.45, 2.75) is 39.7 Å². The first-order valence-corrected chi connectivity index (χ1v) is 8.41. The van der Waals surface area contributed by atoms with E-state index in [4.69, 9.17) is 4.74 Å². The van der Waals surface area contributed by atoms with E-state index >= 15 is 0 Å². The van der Waals surface area contributed by atoms with E-state index in [1.807, 2.05) is 37.4 Å². The second-order valence-corrected chi connectivity index (χ2v) is 6.77. The summed E-state index contributed by atoms with van der Waals surface area (Å²) in [6, 6.07) is 10.2. The van der Waals surface area contributed by atoms with Gasteiger partial charge in [0.25, 0.3) is 5.91 Å². The first kappa shape index (κ1) is 16.6. The maximum absolute atomic E-state index is 12.1. The molecule has 1 aromatic heterocycles. The Hall–Kier alpha value is -1.81. The van der Waals surface area contributed by atoms with Crippen molar-refractivity contribution in [3.63, 3.8) is 0 Å². The highest BCUT2D eigenvalue weighted by atomic mass is 32.1. The van der Waals surface area contributed by atoms with Gasteiger partial charge in [-0.05, 0) is 48.4 Å². The van der Waals surface area contributed by atoms with Crippen molar-refractivity contribution in [1.29, 1.82) is 0 Å². The Bertz CT molecular complexity index is 620. The molecule has 0 unspecified atom stereocenters. The molecule has 118 valence electrons. The molecule has 0 radical (unpaired) electrons. The van der Waals surface area contributed by atoms with Crippen molar-refractivity contribution in [2.75, 3.05) is 6.61 Å². The van der Waals surface area contributed by atoms with Crippen LogP contribution in [0.1, 0.15) is 48.7 Å². The van der Waals surface area contributed by atoms with E-state index in [9.17, 15) is 4.79 Å². The van der Waals surface area contributed by atoms with Crippen molar-refractivity contribution in [1.82, 2.24) is 5.32 Å². The molecule has 2 rings (SSSR count). The molecule has 1 N–H and O–H groups in total. The van der Waals surface area contributed by atoms with Gasteiger partial charge in [0, 0.05) is 4.88 Å². The summed E-state index contributed by atoms with van der Waals surface area (Å²) in [5.41, 5.74) is 2.26. The summed E-state index contributed by atoms with van der Waals surface area (Å²) in [6.07, 6.45) is 0. The smallest absolute Gasteiger partial charge is 0.258 e. The van der Waals surface area contributed by atoms with Crippen LogP contribution in [-0.4, -0.2) is 12.5 Å². The molecule has 1 aromatic carbocycles. The highest BCUT2D eigenvalue weighted by molar-refractivity contribution is 7.10. The molecule has 0 saturated heterocycles. The molecule has 1 heterocycles. The first-order chi connectivity index (χ1) is 10.5. The number of thiophene rings is 1. The van der Waals surface area contributed by atoms with Crippen molar-refractivity contribution < 1.29 is 9.53 Å². The summed E-state index contributed by atoms with van der Waals surface area (Å²) in [7, 11) is 0. The van der Waals surface area contributed by atoms with Crippen LogP contribution in [0.3, 0.4) is 0 Å². The van der Waals surface area contributed by atoms with Crippen molar-refractivity contribution >= 4 is 17.2 Å². The van der Waals surface area contributed by atoms with Crippen LogP contribution in [0.5, 0.6) is 5.75 Å². The van der Waals surface area contributed by atoms with Gasteiger partial charge in [0.15, 0.2) is 6.61 Å². The zero-order valence-corrected chi connectivity index (χ0v) is 14.4. The average Bonchev–Trinajstić information content (AvgIpc) is 2.99. The number of rotatable bonds is 6. The number of aryl methyl sites for hydroxylation is 1. The second-order valence-electron chi connectivity index (χ2n) is 5.79. The predicted octanol–water partition coefficient (Wildman–Crippen LogP) is 4.44. The zero-order chi connectivity index (χ0) is 16.1. The zero-order valence-electron chi connectivity index (χ0n) is 13.6. The van der Waals surface area contributed by atoms with Crippen molar-refractivity contribution in [3.8, 4) is 5.75 Å². The summed E-state index contributed by atoms with van der Waals surface area (Å²) in [4.78, 5) is 13.2. The largest absolute Gasteiger partial charge is 0.483 e. The number of carbonyl (C=O) groups excluding carboxylic acids is 1. The van der Waals surface area contributed by atoms with Gasteiger partial charge >= 0.3 is 0 Å². The Morgan fingerprint density at radius 2 is 2.05 bits per heavy atom. The van der Waals surface area contributed by atoms with Crippen LogP contribution in [0.15, 0.2) is 35.7 Å². The summed E-state index contributed by atoms with van der Waals surface area (Å²) in [6.45, 7) is 8.29. The van der Waals surface area contributed by atoms with Gasteiger partial charge in [-0.15, -0.1) is 11.3 Å². The Kier molecular flexibility index (Phi) is 5.61. The van der Waals surface area contributed by atoms with Crippen LogP contribution in [0, 0.1) is 6.92 Å². The van der Waals surface area contributed by atoms with E-state index in [0.29, 0.717) is 5.92 Å². The van der Waals surface area contributed by atoms with Crippen molar-refractivity contribution in [2.24, 2.45) is 0 Å². The Morgan fingerprint density at radius 1 is 1.27 bits per heavy atom. The summed E-state index contributed by atoms with van der Waals surface area (Å²) < 4.78 is 5.75. The van der Waals surface area contributed by atoms with Crippen LogP contribution in [0.2, 0.25) is 0 Å². The minimum atomic E-state index is -0.0999. The maximum Gasteiger partial charge on any atom is 0.258 e. The lowest BCUT2D eigenvalue weighted by atomic mass is 10.0. The maximum atomic E-state index is 12.1. The number of ether oxygens (including phenoxy) is 1. The second kappa shape index (κ2) is 7.45. The Labute approximate surface area is 136 Å². The van der Waals surface area contributed by atoms with Gasteiger partial charge in [-0.2, -0.15) is 0 Å². The minimum Gasteiger partial charge on any atom is -0.483 e. The fraction of sp³-hybridized carbons (Fsp3) is 0.389. The van der Waals surface area contributed by atoms with Crippen LogP contribution in [-0.2, 0) is 4.79 Å². The number of amides is 1. The molecule has 0 aliphatic carbocycles. The van der Waals surface area contributed by atoms with Crippen molar-refractivity contribution in [3.05, 3.63) is 51.7 Å². The fourth-order valence-electron chi connectivity index (χ4n) is 2.28. The van der Waals surface area contributed by atoms with Gasteiger partial charge in [0.2, 0.25) is 0 Å². The minimum absolute atomic E-state index is 0.0122. The molecule has 1 amide bonds. The van der Waals surface area contributed by atoms with E-state index in [1.54, 1.807) is 11.3 Å². The topological polar surface area (TPSA) is 38.3 Å². The van der Waals surface area contributed by atoms with Gasteiger partial charge < -0.3 is 10.1 Å². The molecule has 0 fully saturated rings. The number of benzene rings is 1. The van der Waals surface area contributed by atoms with Gasteiger partial charge in [-0.1, -0.05) is 32.0 Å². The molecule has 0 saturated carbocycles. The van der Waals surface area contributed by atoms with Crippen LogP contribution < -0.4 is 10.1 Å². The van der Waals surface area contributed by atoms with Crippen LogP contribution >= 0.6 is 11.3 Å². The summed E-state index contributed by atoms with van der Waals surface area (Å²) in [5, 5.41) is 4.97. The standard InChI is InChI=1S/C18H23NO2S/c1-12(2)15-8-7-13(3)10-16(15)21-11-18(20)19-14(4)17-6-5-9-22-17/h5-10,12,14H,11H2,1-4H3,(H,19,20)/t14-/m0/s1. The van der Waals surface area contributed by atoms with Gasteiger partial charge in [0.1, 0.15) is 5.75 Å². The lowest BCUT2D eigenvalue weighted by molar-refractivity contribution is -0.123. The van der Waals surface area contributed by atoms with E-state index in [0.717, 1.165) is 21.8 Å². The molecule has 1 atom stereocenters. The molecule has 3 nitrogen and oxygen atoms in total. The third-order valence-corrected chi connectivity index (χ3v) is 4.55. The molecule has 4 heteroatoms. The van der Waals surface area contributed by atoms with Gasteiger partial charge in [-0.25, -0.2) is 0 Å². The Balaban J connectivity index is 1.95. The van der Waals surface area contributed by atoms with Gasteiger partial charge in [-0.3, -0.25) is 4.79 Å². The van der Waals surface area contributed by atoms with E-state index in [1.165, 1.54) is 0 Å². The van der Waals surface area contributed by atoms with E-state index in [2.05, 4.69) is 31.3 Å². The van der Waals surface area contributed by atoms with E-state index < -0.39 is 0 Å². The number of hydrogen-bond acceptors (Lipinski definition) is 3.